The molecule has 0 spiro atoms. The Balaban J connectivity index is 1.93. The third-order valence-electron chi connectivity index (χ3n) is 3.98. The smallest absolute Gasteiger partial charge is 0.282 e. The van der Waals surface area contributed by atoms with Gasteiger partial charge in [-0.2, -0.15) is 0 Å². The number of phenols is 1. The maximum absolute atomic E-state index is 12.0. The van der Waals surface area contributed by atoms with E-state index in [2.05, 4.69) is 5.32 Å². The molecule has 2 rings (SSSR count). The van der Waals surface area contributed by atoms with Gasteiger partial charge in [-0.1, -0.05) is 32.1 Å². The Kier molecular flexibility index (Phi) is 5.14. The predicted molar refractivity (Wildman–Crippen MR) is 78.3 cm³/mol. The predicted octanol–water partition coefficient (Wildman–Crippen LogP) is 3.00. The molecule has 114 valence electrons. The van der Waals surface area contributed by atoms with Crippen molar-refractivity contribution in [3.8, 4) is 5.75 Å². The van der Waals surface area contributed by atoms with E-state index in [1.54, 1.807) is 0 Å². The van der Waals surface area contributed by atoms with Crippen molar-refractivity contribution in [2.45, 2.75) is 38.5 Å². The van der Waals surface area contributed by atoms with Crippen molar-refractivity contribution in [3.63, 3.8) is 0 Å². The summed E-state index contributed by atoms with van der Waals surface area (Å²) in [7, 11) is 0. The first-order valence-corrected chi connectivity index (χ1v) is 7.33. The van der Waals surface area contributed by atoms with Crippen molar-refractivity contribution >= 4 is 11.6 Å². The van der Waals surface area contributed by atoms with Gasteiger partial charge in [0.1, 0.15) is 11.3 Å². The van der Waals surface area contributed by atoms with Crippen LogP contribution >= 0.6 is 0 Å². The molecule has 1 fully saturated rings. The largest absolute Gasteiger partial charge is 0.508 e. The van der Waals surface area contributed by atoms with Gasteiger partial charge in [0.15, 0.2) is 0 Å². The lowest BCUT2D eigenvalue weighted by molar-refractivity contribution is -0.385. The number of phenolic OH excluding ortho intramolecular Hbond substituents is 1. The fraction of sp³-hybridized carbons (Fsp3) is 0.533. The molecule has 1 amide bonds. The molecule has 0 aromatic heterocycles. The van der Waals surface area contributed by atoms with Crippen molar-refractivity contribution in [1.29, 1.82) is 0 Å². The van der Waals surface area contributed by atoms with Gasteiger partial charge in [-0.05, 0) is 24.5 Å². The van der Waals surface area contributed by atoms with Gasteiger partial charge >= 0.3 is 0 Å². The molecule has 1 aromatic rings. The molecule has 0 saturated heterocycles. The number of nitro benzene ring substituents is 1. The highest BCUT2D eigenvalue weighted by molar-refractivity contribution is 5.98. The number of benzene rings is 1. The summed E-state index contributed by atoms with van der Waals surface area (Å²) in [6.07, 6.45) is 7.08. The Morgan fingerprint density at radius 1 is 1.33 bits per heavy atom. The molecular weight excluding hydrogens is 272 g/mol. The quantitative estimate of drug-likeness (QED) is 0.644. The lowest BCUT2D eigenvalue weighted by Gasteiger charge is -2.21. The Labute approximate surface area is 123 Å². The minimum atomic E-state index is -0.616. The molecule has 1 saturated carbocycles. The molecule has 0 aliphatic heterocycles. The Morgan fingerprint density at radius 2 is 2.05 bits per heavy atom. The van der Waals surface area contributed by atoms with E-state index in [4.69, 9.17) is 0 Å². The van der Waals surface area contributed by atoms with Crippen molar-refractivity contribution < 1.29 is 14.8 Å². The Morgan fingerprint density at radius 3 is 2.71 bits per heavy atom. The fourth-order valence-corrected chi connectivity index (χ4v) is 2.83. The van der Waals surface area contributed by atoms with Crippen LogP contribution in [0.3, 0.4) is 0 Å². The summed E-state index contributed by atoms with van der Waals surface area (Å²) in [5, 5.41) is 23.0. The zero-order valence-corrected chi connectivity index (χ0v) is 11.9. The number of nitro groups is 1. The van der Waals surface area contributed by atoms with E-state index in [1.807, 2.05) is 0 Å². The van der Waals surface area contributed by atoms with Gasteiger partial charge in [0.05, 0.1) is 4.92 Å². The molecule has 0 bridgehead atoms. The van der Waals surface area contributed by atoms with Crippen LogP contribution in [0.2, 0.25) is 0 Å². The maximum atomic E-state index is 12.0. The highest BCUT2D eigenvalue weighted by atomic mass is 16.6. The lowest BCUT2D eigenvalue weighted by atomic mass is 9.87. The first-order chi connectivity index (χ1) is 10.1. The number of nitrogens with zero attached hydrogens (tertiary/aromatic N) is 1. The topological polar surface area (TPSA) is 92.5 Å². The Bertz CT molecular complexity index is 524. The van der Waals surface area contributed by atoms with Crippen LogP contribution in [-0.4, -0.2) is 22.5 Å². The van der Waals surface area contributed by atoms with Gasteiger partial charge in [0.25, 0.3) is 11.6 Å². The lowest BCUT2D eigenvalue weighted by Crippen LogP contribution is -2.27. The van der Waals surface area contributed by atoms with Crippen LogP contribution in [0.25, 0.3) is 0 Å². The van der Waals surface area contributed by atoms with E-state index in [0.717, 1.165) is 18.6 Å². The maximum Gasteiger partial charge on any atom is 0.282 e. The molecule has 0 atom stereocenters. The monoisotopic (exact) mass is 292 g/mol. The number of amides is 1. The van der Waals surface area contributed by atoms with E-state index in [-0.39, 0.29) is 17.0 Å². The summed E-state index contributed by atoms with van der Waals surface area (Å²) in [6, 6.07) is 3.48. The molecule has 0 radical (unpaired) electrons. The van der Waals surface area contributed by atoms with Crippen LogP contribution in [-0.2, 0) is 0 Å². The second-order valence-electron chi connectivity index (χ2n) is 5.51. The van der Waals surface area contributed by atoms with Gasteiger partial charge in [0, 0.05) is 12.6 Å². The standard InChI is InChI=1S/C15H20N2O4/c18-12-6-7-14(17(20)21)13(10-12)15(19)16-9-8-11-4-2-1-3-5-11/h6-7,10-11,18H,1-5,8-9H2,(H,16,19). The molecular formula is C15H20N2O4. The zero-order valence-electron chi connectivity index (χ0n) is 11.9. The van der Waals surface area contributed by atoms with Gasteiger partial charge in [0.2, 0.25) is 0 Å². The van der Waals surface area contributed by atoms with Crippen LogP contribution in [0.15, 0.2) is 18.2 Å². The number of aromatic hydroxyl groups is 1. The van der Waals surface area contributed by atoms with E-state index >= 15 is 0 Å². The first-order valence-electron chi connectivity index (χ1n) is 7.33. The molecule has 1 aromatic carbocycles. The number of hydrogen-bond acceptors (Lipinski definition) is 4. The number of carbonyl (C=O) groups is 1. The fourth-order valence-electron chi connectivity index (χ4n) is 2.83. The second kappa shape index (κ2) is 7.06. The van der Waals surface area contributed by atoms with Gasteiger partial charge in [-0.25, -0.2) is 0 Å². The molecule has 6 heteroatoms. The van der Waals surface area contributed by atoms with E-state index < -0.39 is 10.8 Å². The van der Waals surface area contributed by atoms with Crippen LogP contribution in [0.5, 0.6) is 5.75 Å². The number of hydrogen-bond donors (Lipinski definition) is 2. The van der Waals surface area contributed by atoms with Crippen LogP contribution in [0.4, 0.5) is 5.69 Å². The molecule has 0 heterocycles. The SMILES string of the molecule is O=C(NCCC1CCCCC1)c1cc(O)ccc1[N+](=O)[O-]. The molecule has 6 nitrogen and oxygen atoms in total. The average Bonchev–Trinajstić information content (AvgIpc) is 2.47. The van der Waals surface area contributed by atoms with Gasteiger partial charge in [-0.15, -0.1) is 0 Å². The highest BCUT2D eigenvalue weighted by Crippen LogP contribution is 2.26. The van der Waals surface area contributed by atoms with Crippen molar-refractivity contribution in [2.24, 2.45) is 5.92 Å². The molecule has 21 heavy (non-hydrogen) atoms. The first kappa shape index (κ1) is 15.3. The van der Waals surface area contributed by atoms with E-state index in [1.165, 1.54) is 38.2 Å². The number of carbonyl (C=O) groups excluding carboxylic acids is 1. The summed E-state index contributed by atoms with van der Waals surface area (Å²) >= 11 is 0. The summed E-state index contributed by atoms with van der Waals surface area (Å²) in [6.45, 7) is 0.510. The summed E-state index contributed by atoms with van der Waals surface area (Å²) < 4.78 is 0. The second-order valence-corrected chi connectivity index (χ2v) is 5.51. The third kappa shape index (κ3) is 4.18. The summed E-state index contributed by atoms with van der Waals surface area (Å²) in [4.78, 5) is 22.3. The summed E-state index contributed by atoms with van der Waals surface area (Å²) in [5.74, 6) is -0.0235. The normalized spacial score (nSPS) is 15.6. The number of nitrogens with one attached hydrogen (secondary N) is 1. The Hall–Kier alpha value is -2.11. The van der Waals surface area contributed by atoms with E-state index in [9.17, 15) is 20.0 Å². The zero-order chi connectivity index (χ0) is 15.2. The van der Waals surface area contributed by atoms with Crippen molar-refractivity contribution in [3.05, 3.63) is 33.9 Å². The summed E-state index contributed by atoms with van der Waals surface area (Å²) in [5.41, 5.74) is -0.383. The van der Waals surface area contributed by atoms with Crippen LogP contribution in [0, 0.1) is 16.0 Å². The number of rotatable bonds is 5. The molecule has 1 aliphatic carbocycles. The molecule has 1 aliphatic rings. The average molecular weight is 292 g/mol. The minimum Gasteiger partial charge on any atom is -0.508 e. The van der Waals surface area contributed by atoms with Crippen molar-refractivity contribution in [1.82, 2.24) is 5.32 Å². The third-order valence-corrected chi connectivity index (χ3v) is 3.98. The molecule has 0 unspecified atom stereocenters. The van der Waals surface area contributed by atoms with E-state index in [0.29, 0.717) is 12.5 Å². The van der Waals surface area contributed by atoms with Crippen LogP contribution < -0.4 is 5.32 Å². The van der Waals surface area contributed by atoms with Crippen LogP contribution in [0.1, 0.15) is 48.9 Å². The highest BCUT2D eigenvalue weighted by Gasteiger charge is 2.21. The van der Waals surface area contributed by atoms with Crippen molar-refractivity contribution in [2.75, 3.05) is 6.54 Å². The van der Waals surface area contributed by atoms with Gasteiger partial charge < -0.3 is 10.4 Å². The minimum absolute atomic E-state index is 0.0938. The van der Waals surface area contributed by atoms with Gasteiger partial charge in [-0.3, -0.25) is 14.9 Å². The molecule has 2 N–H and O–H groups in total.